The first-order valence-electron chi connectivity index (χ1n) is 12.5. The summed E-state index contributed by atoms with van der Waals surface area (Å²) in [6.45, 7) is 12.5. The van der Waals surface area contributed by atoms with Gasteiger partial charge in [0.05, 0.1) is 16.6 Å². The third kappa shape index (κ3) is 6.33. The molecule has 2 N–H and O–H groups in total. The van der Waals surface area contributed by atoms with Crippen LogP contribution in [0.3, 0.4) is 0 Å². The molecule has 0 aliphatic heterocycles. The topological polar surface area (TPSA) is 59.3 Å². The Morgan fingerprint density at radius 1 is 1.14 bits per heavy atom. The largest absolute Gasteiger partial charge is 0.573 e. The number of nitrogens with one attached hydrogen (secondary N) is 1. The van der Waals surface area contributed by atoms with E-state index in [1.807, 2.05) is 6.07 Å². The van der Waals surface area contributed by atoms with E-state index in [0.717, 1.165) is 41.4 Å². The van der Waals surface area contributed by atoms with Gasteiger partial charge in [-0.2, -0.15) is 0 Å². The van der Waals surface area contributed by atoms with Gasteiger partial charge in [-0.15, -0.1) is 13.2 Å². The Balaban J connectivity index is 1.76. The summed E-state index contributed by atoms with van der Waals surface area (Å²) < 4.78 is 43.9. The van der Waals surface area contributed by atoms with Gasteiger partial charge in [0.2, 0.25) is 5.95 Å². The third-order valence-electron chi connectivity index (χ3n) is 6.84. The second-order valence-electron chi connectivity index (χ2n) is 11.8. The minimum Gasteiger partial charge on any atom is -0.406 e. The van der Waals surface area contributed by atoms with Gasteiger partial charge in [0.15, 0.2) is 0 Å². The van der Waals surface area contributed by atoms with Crippen LogP contribution in [-0.2, 0) is 6.42 Å². The second-order valence-corrected chi connectivity index (χ2v) is 11.8. The SMILES string of the molecule is Cc1cc2c(cc1CC(C)(C)O)nc(Nc1ccc(OC(F)(F)F)cc1)n2[C@@H]1C[C@H](C)CC(C)(C)C1. The Kier molecular flexibility index (Phi) is 6.79. The lowest BCUT2D eigenvalue weighted by Gasteiger charge is -2.40. The number of alkyl halides is 3. The Labute approximate surface area is 210 Å². The van der Waals surface area contributed by atoms with Crippen molar-refractivity contribution in [2.75, 3.05) is 5.32 Å². The van der Waals surface area contributed by atoms with Crippen LogP contribution in [0.5, 0.6) is 5.75 Å². The molecule has 1 aliphatic rings. The molecular weight excluding hydrogens is 467 g/mol. The number of aromatic nitrogens is 2. The molecule has 0 unspecified atom stereocenters. The standard InChI is InChI=1S/C28H36F3N3O2/c1-17-11-21(16-26(3,4)14-17)34-24-12-18(2)19(15-27(5,6)35)13-23(24)33-25(34)32-20-7-9-22(10-8-20)36-28(29,30)31/h7-10,12-13,17,21,35H,11,14-16H2,1-6H3,(H,32,33)/t17-,21+/m0/s1. The molecule has 3 aromatic rings. The number of aryl methyl sites for hydroxylation is 1. The lowest BCUT2D eigenvalue weighted by molar-refractivity contribution is -0.274. The summed E-state index contributed by atoms with van der Waals surface area (Å²) in [7, 11) is 0. The second kappa shape index (κ2) is 9.29. The molecule has 5 nitrogen and oxygen atoms in total. The maximum atomic E-state index is 12.6. The minimum absolute atomic E-state index is 0.183. The van der Waals surface area contributed by atoms with Crippen molar-refractivity contribution in [2.24, 2.45) is 11.3 Å². The van der Waals surface area contributed by atoms with E-state index in [2.05, 4.69) is 48.4 Å². The fourth-order valence-electron chi connectivity index (χ4n) is 5.76. The van der Waals surface area contributed by atoms with Gasteiger partial charge >= 0.3 is 6.36 Å². The molecule has 0 spiro atoms. The Bertz CT molecular complexity index is 1220. The summed E-state index contributed by atoms with van der Waals surface area (Å²) in [6.07, 6.45) is -1.04. The number of fused-ring (bicyclic) bond motifs is 1. The summed E-state index contributed by atoms with van der Waals surface area (Å²) in [6, 6.07) is 10.1. The summed E-state index contributed by atoms with van der Waals surface area (Å²) in [5, 5.41) is 13.7. The van der Waals surface area contributed by atoms with Crippen molar-refractivity contribution in [2.45, 2.75) is 85.2 Å². The average molecular weight is 504 g/mol. The molecule has 1 heterocycles. The summed E-state index contributed by atoms with van der Waals surface area (Å²) in [4.78, 5) is 4.93. The van der Waals surface area contributed by atoms with E-state index in [9.17, 15) is 18.3 Å². The predicted octanol–water partition coefficient (Wildman–Crippen LogP) is 7.69. The fourth-order valence-corrected chi connectivity index (χ4v) is 5.76. The highest BCUT2D eigenvalue weighted by atomic mass is 19.4. The van der Waals surface area contributed by atoms with Crippen LogP contribution in [0, 0.1) is 18.3 Å². The van der Waals surface area contributed by atoms with Crippen LogP contribution in [0.4, 0.5) is 24.8 Å². The number of hydrogen-bond donors (Lipinski definition) is 2. The van der Waals surface area contributed by atoms with Gasteiger partial charge < -0.3 is 19.7 Å². The fraction of sp³-hybridized carbons (Fsp3) is 0.536. The van der Waals surface area contributed by atoms with Gasteiger partial charge in [-0.1, -0.05) is 20.8 Å². The summed E-state index contributed by atoms with van der Waals surface area (Å²) >= 11 is 0. The molecule has 8 heteroatoms. The van der Waals surface area contributed by atoms with E-state index in [-0.39, 0.29) is 17.2 Å². The first-order valence-corrected chi connectivity index (χ1v) is 12.5. The third-order valence-corrected chi connectivity index (χ3v) is 6.84. The van der Waals surface area contributed by atoms with Crippen LogP contribution in [0.2, 0.25) is 0 Å². The Morgan fingerprint density at radius 3 is 2.39 bits per heavy atom. The quantitative estimate of drug-likeness (QED) is 0.362. The molecule has 1 saturated carbocycles. The molecule has 1 fully saturated rings. The number of nitrogens with zero attached hydrogens (tertiary/aromatic N) is 2. The van der Waals surface area contributed by atoms with Crippen molar-refractivity contribution in [1.82, 2.24) is 9.55 Å². The molecule has 2 atom stereocenters. The molecule has 2 aromatic carbocycles. The number of rotatable bonds is 6. The number of hydrogen-bond acceptors (Lipinski definition) is 4. The van der Waals surface area contributed by atoms with Crippen molar-refractivity contribution >= 4 is 22.7 Å². The van der Waals surface area contributed by atoms with Gasteiger partial charge in [-0.25, -0.2) is 4.98 Å². The molecule has 0 saturated heterocycles. The van der Waals surface area contributed by atoms with Gasteiger partial charge in [0.25, 0.3) is 0 Å². The van der Waals surface area contributed by atoms with Crippen LogP contribution < -0.4 is 10.1 Å². The van der Waals surface area contributed by atoms with Crippen LogP contribution >= 0.6 is 0 Å². The monoisotopic (exact) mass is 503 g/mol. The molecule has 0 radical (unpaired) electrons. The number of benzene rings is 2. The highest BCUT2D eigenvalue weighted by Crippen LogP contribution is 2.46. The van der Waals surface area contributed by atoms with Gasteiger partial charge in [-0.3, -0.25) is 0 Å². The first-order chi connectivity index (χ1) is 16.6. The molecule has 196 valence electrons. The number of imidazole rings is 1. The molecule has 36 heavy (non-hydrogen) atoms. The maximum Gasteiger partial charge on any atom is 0.573 e. The molecule has 0 amide bonds. The molecule has 1 aromatic heterocycles. The van der Waals surface area contributed by atoms with E-state index >= 15 is 0 Å². The summed E-state index contributed by atoms with van der Waals surface area (Å²) in [5.41, 5.74) is 3.94. The van der Waals surface area contributed by atoms with Gasteiger partial charge in [0, 0.05) is 18.2 Å². The van der Waals surface area contributed by atoms with Crippen LogP contribution in [0.1, 0.15) is 71.0 Å². The number of halogens is 3. The zero-order chi connectivity index (χ0) is 26.5. The van der Waals surface area contributed by atoms with Crippen molar-refractivity contribution in [1.29, 1.82) is 0 Å². The van der Waals surface area contributed by atoms with Gasteiger partial charge in [-0.05, 0) is 98.9 Å². The Hall–Kier alpha value is -2.74. The van der Waals surface area contributed by atoms with Crippen LogP contribution in [0.15, 0.2) is 36.4 Å². The highest BCUT2D eigenvalue weighted by Gasteiger charge is 2.35. The lowest BCUT2D eigenvalue weighted by Crippen LogP contribution is -2.29. The maximum absolute atomic E-state index is 12.6. The minimum atomic E-state index is -4.73. The molecule has 0 bridgehead atoms. The molecule has 1 aliphatic carbocycles. The van der Waals surface area contributed by atoms with E-state index < -0.39 is 12.0 Å². The van der Waals surface area contributed by atoms with E-state index in [1.165, 1.54) is 12.1 Å². The average Bonchev–Trinajstić information content (AvgIpc) is 3.02. The smallest absolute Gasteiger partial charge is 0.406 e. The van der Waals surface area contributed by atoms with Gasteiger partial charge in [0.1, 0.15) is 5.75 Å². The molecular formula is C28H36F3N3O2. The Morgan fingerprint density at radius 2 is 1.81 bits per heavy atom. The first kappa shape index (κ1) is 26.3. The predicted molar refractivity (Wildman–Crippen MR) is 137 cm³/mol. The van der Waals surface area contributed by atoms with Crippen molar-refractivity contribution < 1.29 is 23.0 Å². The van der Waals surface area contributed by atoms with Crippen LogP contribution in [-0.4, -0.2) is 26.6 Å². The zero-order valence-electron chi connectivity index (χ0n) is 21.8. The lowest BCUT2D eigenvalue weighted by atomic mass is 9.70. The number of anilines is 2. The van der Waals surface area contributed by atoms with Crippen molar-refractivity contribution in [3.05, 3.63) is 47.5 Å². The van der Waals surface area contributed by atoms with Crippen LogP contribution in [0.25, 0.3) is 11.0 Å². The van der Waals surface area contributed by atoms with Crippen molar-refractivity contribution in [3.63, 3.8) is 0 Å². The van der Waals surface area contributed by atoms with Crippen molar-refractivity contribution in [3.8, 4) is 5.75 Å². The van der Waals surface area contributed by atoms with E-state index in [1.54, 1.807) is 26.0 Å². The molecule has 4 rings (SSSR count). The zero-order valence-corrected chi connectivity index (χ0v) is 21.8. The highest BCUT2D eigenvalue weighted by molar-refractivity contribution is 5.82. The van der Waals surface area contributed by atoms with E-state index in [0.29, 0.717) is 24.0 Å². The normalized spacial score (nSPS) is 20.5. The summed E-state index contributed by atoms with van der Waals surface area (Å²) in [5.74, 6) is 0.943. The number of ether oxygens (including phenoxy) is 1. The number of aliphatic hydroxyl groups is 1. The van der Waals surface area contributed by atoms with E-state index in [4.69, 9.17) is 4.98 Å².